The van der Waals surface area contributed by atoms with Crippen LogP contribution in [0.3, 0.4) is 0 Å². The molecule has 0 aliphatic carbocycles. The van der Waals surface area contributed by atoms with Crippen LogP contribution in [0.15, 0.2) is 97.6 Å². The first kappa shape index (κ1) is 23.6. The molecule has 0 aliphatic rings. The predicted molar refractivity (Wildman–Crippen MR) is 128 cm³/mol. The molecule has 0 radical (unpaired) electrons. The van der Waals surface area contributed by atoms with Crippen LogP contribution < -0.4 is 14.8 Å². The van der Waals surface area contributed by atoms with Gasteiger partial charge in [0.2, 0.25) is 5.91 Å². The standard InChI is InChI=1S/C27H28N2O4/c1-3-18-28-27(31)26(22-10-6-4-7-11-22)29(19-21-14-16-23(32-2)17-15-21)25(30)20-33-24-12-8-5-9-13-24/h3-17,26H,1,18-20H2,2H3,(H,28,31). The topological polar surface area (TPSA) is 67.9 Å². The van der Waals surface area contributed by atoms with Gasteiger partial charge in [-0.2, -0.15) is 0 Å². The maximum atomic E-state index is 13.4. The van der Waals surface area contributed by atoms with E-state index >= 15 is 0 Å². The highest BCUT2D eigenvalue weighted by molar-refractivity contribution is 5.89. The number of rotatable bonds is 11. The summed E-state index contributed by atoms with van der Waals surface area (Å²) in [6, 6.07) is 24.9. The Morgan fingerprint density at radius 3 is 2.18 bits per heavy atom. The number of methoxy groups -OCH3 is 1. The molecule has 3 aromatic rings. The van der Waals surface area contributed by atoms with Crippen LogP contribution in [0.5, 0.6) is 11.5 Å². The van der Waals surface area contributed by atoms with E-state index in [9.17, 15) is 9.59 Å². The number of ether oxygens (including phenoxy) is 2. The number of nitrogens with zero attached hydrogens (tertiary/aromatic N) is 1. The SMILES string of the molecule is C=CCNC(=O)C(c1ccccc1)N(Cc1ccc(OC)cc1)C(=O)COc1ccccc1. The van der Waals surface area contributed by atoms with Crippen LogP contribution in [0.25, 0.3) is 0 Å². The van der Waals surface area contributed by atoms with E-state index in [-0.39, 0.29) is 25.0 Å². The van der Waals surface area contributed by atoms with Crippen LogP contribution in [0.1, 0.15) is 17.2 Å². The Morgan fingerprint density at radius 1 is 0.939 bits per heavy atom. The summed E-state index contributed by atoms with van der Waals surface area (Å²) >= 11 is 0. The third-order valence-electron chi connectivity index (χ3n) is 5.03. The first-order valence-electron chi connectivity index (χ1n) is 10.7. The minimum atomic E-state index is -0.833. The van der Waals surface area contributed by atoms with Gasteiger partial charge in [0.1, 0.15) is 17.5 Å². The molecule has 6 heteroatoms. The highest BCUT2D eigenvalue weighted by Gasteiger charge is 2.31. The van der Waals surface area contributed by atoms with Crippen molar-refractivity contribution in [3.05, 3.63) is 109 Å². The molecule has 0 aliphatic heterocycles. The second kappa shape index (κ2) is 12.1. The maximum Gasteiger partial charge on any atom is 0.261 e. The molecular weight excluding hydrogens is 416 g/mol. The number of para-hydroxylation sites is 1. The lowest BCUT2D eigenvalue weighted by Gasteiger charge is -2.31. The molecule has 6 nitrogen and oxygen atoms in total. The van der Waals surface area contributed by atoms with Crippen molar-refractivity contribution in [1.29, 1.82) is 0 Å². The average molecular weight is 445 g/mol. The van der Waals surface area contributed by atoms with Crippen molar-refractivity contribution in [2.24, 2.45) is 0 Å². The zero-order chi connectivity index (χ0) is 23.5. The fourth-order valence-electron chi connectivity index (χ4n) is 3.37. The first-order valence-corrected chi connectivity index (χ1v) is 10.7. The molecule has 0 saturated heterocycles. The van der Waals surface area contributed by atoms with Crippen molar-refractivity contribution in [3.63, 3.8) is 0 Å². The molecular formula is C27H28N2O4. The number of amides is 2. The highest BCUT2D eigenvalue weighted by Crippen LogP contribution is 2.25. The zero-order valence-corrected chi connectivity index (χ0v) is 18.6. The van der Waals surface area contributed by atoms with Crippen molar-refractivity contribution in [3.8, 4) is 11.5 Å². The molecule has 0 heterocycles. The summed E-state index contributed by atoms with van der Waals surface area (Å²) in [6.07, 6.45) is 1.61. The van der Waals surface area contributed by atoms with Crippen molar-refractivity contribution in [1.82, 2.24) is 10.2 Å². The second-order valence-electron chi connectivity index (χ2n) is 7.32. The normalized spacial score (nSPS) is 11.2. The first-order chi connectivity index (χ1) is 16.1. The Hall–Kier alpha value is -4.06. The highest BCUT2D eigenvalue weighted by atomic mass is 16.5. The fraction of sp³-hybridized carbons (Fsp3) is 0.185. The molecule has 0 bridgehead atoms. The number of hydrogen-bond donors (Lipinski definition) is 1. The van der Waals surface area contributed by atoms with E-state index in [4.69, 9.17) is 9.47 Å². The van der Waals surface area contributed by atoms with E-state index in [1.54, 1.807) is 30.2 Å². The van der Waals surface area contributed by atoms with E-state index in [0.717, 1.165) is 5.56 Å². The third kappa shape index (κ3) is 6.71. The van der Waals surface area contributed by atoms with E-state index in [1.807, 2.05) is 72.8 Å². The Kier molecular flexibility index (Phi) is 8.65. The smallest absolute Gasteiger partial charge is 0.261 e. The molecule has 3 aromatic carbocycles. The van der Waals surface area contributed by atoms with Crippen LogP contribution >= 0.6 is 0 Å². The molecule has 0 aromatic heterocycles. The quantitative estimate of drug-likeness (QED) is 0.451. The Bertz CT molecular complexity index is 1040. The van der Waals surface area contributed by atoms with Gasteiger partial charge in [0.05, 0.1) is 7.11 Å². The Morgan fingerprint density at radius 2 is 1.58 bits per heavy atom. The van der Waals surface area contributed by atoms with Gasteiger partial charge in [0, 0.05) is 13.1 Å². The molecule has 1 atom stereocenters. The summed E-state index contributed by atoms with van der Waals surface area (Å²) in [5, 5.41) is 2.83. The molecule has 2 amide bonds. The van der Waals surface area contributed by atoms with Crippen LogP contribution in [0.4, 0.5) is 0 Å². The molecule has 33 heavy (non-hydrogen) atoms. The minimum Gasteiger partial charge on any atom is -0.497 e. The molecule has 170 valence electrons. The van der Waals surface area contributed by atoms with Crippen LogP contribution in [0, 0.1) is 0 Å². The van der Waals surface area contributed by atoms with Crippen molar-refractivity contribution in [2.45, 2.75) is 12.6 Å². The zero-order valence-electron chi connectivity index (χ0n) is 18.6. The van der Waals surface area contributed by atoms with Crippen molar-refractivity contribution in [2.75, 3.05) is 20.3 Å². The van der Waals surface area contributed by atoms with Gasteiger partial charge in [0.15, 0.2) is 6.61 Å². The summed E-state index contributed by atoms with van der Waals surface area (Å²) in [4.78, 5) is 28.2. The van der Waals surface area contributed by atoms with Gasteiger partial charge in [-0.1, -0.05) is 66.7 Å². The number of nitrogens with one attached hydrogen (secondary N) is 1. The molecule has 3 rings (SSSR count). The van der Waals surface area contributed by atoms with E-state index < -0.39 is 6.04 Å². The molecule has 1 N–H and O–H groups in total. The summed E-state index contributed by atoms with van der Waals surface area (Å²) in [5.41, 5.74) is 1.57. The second-order valence-corrected chi connectivity index (χ2v) is 7.32. The lowest BCUT2D eigenvalue weighted by molar-refractivity contribution is -0.143. The Labute approximate surface area is 194 Å². The molecule has 0 saturated carbocycles. The predicted octanol–water partition coefficient (Wildman–Crippen LogP) is 4.15. The molecule has 0 spiro atoms. The number of hydrogen-bond acceptors (Lipinski definition) is 4. The van der Waals surface area contributed by atoms with Crippen molar-refractivity contribution < 1.29 is 19.1 Å². The van der Waals surface area contributed by atoms with Crippen LogP contribution in [-0.2, 0) is 16.1 Å². The van der Waals surface area contributed by atoms with Crippen molar-refractivity contribution >= 4 is 11.8 Å². The maximum absolute atomic E-state index is 13.4. The van der Waals surface area contributed by atoms with Crippen LogP contribution in [-0.4, -0.2) is 37.0 Å². The fourth-order valence-corrected chi connectivity index (χ4v) is 3.37. The summed E-state index contributed by atoms with van der Waals surface area (Å²) in [7, 11) is 1.60. The number of benzene rings is 3. The number of carbonyl (C=O) groups excluding carboxylic acids is 2. The number of carbonyl (C=O) groups is 2. The third-order valence-corrected chi connectivity index (χ3v) is 5.03. The van der Waals surface area contributed by atoms with Gasteiger partial charge >= 0.3 is 0 Å². The lowest BCUT2D eigenvalue weighted by atomic mass is 10.0. The van der Waals surface area contributed by atoms with Gasteiger partial charge in [0.25, 0.3) is 5.91 Å². The van der Waals surface area contributed by atoms with Gasteiger partial charge in [-0.3, -0.25) is 9.59 Å². The van der Waals surface area contributed by atoms with Gasteiger partial charge in [-0.15, -0.1) is 6.58 Å². The Balaban J connectivity index is 1.92. The van der Waals surface area contributed by atoms with Gasteiger partial charge < -0.3 is 19.7 Å². The average Bonchev–Trinajstić information content (AvgIpc) is 2.87. The summed E-state index contributed by atoms with van der Waals surface area (Å²) in [6.45, 7) is 3.99. The van der Waals surface area contributed by atoms with E-state index in [0.29, 0.717) is 23.6 Å². The summed E-state index contributed by atoms with van der Waals surface area (Å²) in [5.74, 6) is 0.704. The minimum absolute atomic E-state index is 0.196. The molecule has 0 fully saturated rings. The van der Waals surface area contributed by atoms with Gasteiger partial charge in [-0.05, 0) is 35.4 Å². The largest absolute Gasteiger partial charge is 0.497 e. The monoisotopic (exact) mass is 444 g/mol. The van der Waals surface area contributed by atoms with E-state index in [2.05, 4.69) is 11.9 Å². The van der Waals surface area contributed by atoms with E-state index in [1.165, 1.54) is 0 Å². The lowest BCUT2D eigenvalue weighted by Crippen LogP contribution is -2.45. The molecule has 1 unspecified atom stereocenters. The summed E-state index contributed by atoms with van der Waals surface area (Å²) < 4.78 is 10.9. The van der Waals surface area contributed by atoms with Crippen LogP contribution in [0.2, 0.25) is 0 Å². The van der Waals surface area contributed by atoms with Gasteiger partial charge in [-0.25, -0.2) is 0 Å².